The fourth-order valence-electron chi connectivity index (χ4n) is 2.06. The average Bonchev–Trinajstić information content (AvgIpc) is 2.10. The third-order valence-electron chi connectivity index (χ3n) is 2.24. The van der Waals surface area contributed by atoms with Crippen molar-refractivity contribution in [3.05, 3.63) is 0 Å². The van der Waals surface area contributed by atoms with E-state index in [2.05, 4.69) is 39.3 Å². The van der Waals surface area contributed by atoms with Gasteiger partial charge in [0.15, 0.2) is 8.32 Å². The molecule has 0 aromatic carbocycles. The second kappa shape index (κ2) is 7.72. The summed E-state index contributed by atoms with van der Waals surface area (Å²) in [6, 6.07) is 0.960. The molecule has 0 heterocycles. The molecule has 1 unspecified atom stereocenters. The zero-order valence-corrected chi connectivity index (χ0v) is 18.7. The molecule has 0 aromatic rings. The summed E-state index contributed by atoms with van der Waals surface area (Å²) >= 11 is 5.82. The van der Waals surface area contributed by atoms with Crippen LogP contribution in [-0.4, -0.2) is 47.8 Å². The second-order valence-electron chi connectivity index (χ2n) is 6.08. The lowest BCUT2D eigenvalue weighted by Crippen LogP contribution is -2.54. The van der Waals surface area contributed by atoms with E-state index in [9.17, 15) is 0 Å². The topological polar surface area (TPSA) is 27.7 Å². The monoisotopic (exact) mass is 344 g/mol. The van der Waals surface area contributed by atoms with Crippen molar-refractivity contribution in [2.45, 2.75) is 51.7 Å². The molecule has 0 radical (unpaired) electrons. The maximum Gasteiger partial charge on any atom is 0.322 e. The van der Waals surface area contributed by atoms with E-state index in [4.69, 9.17) is 24.3 Å². The van der Waals surface area contributed by atoms with Gasteiger partial charge in [-0.3, -0.25) is 0 Å². The number of alkyl halides is 1. The Morgan fingerprint density at radius 2 is 1.56 bits per heavy atom. The summed E-state index contributed by atoms with van der Waals surface area (Å²) in [4.78, 5) is 0. The molecule has 3 nitrogen and oxygen atoms in total. The summed E-state index contributed by atoms with van der Waals surface area (Å²) in [5.74, 6) is 0.671. The van der Waals surface area contributed by atoms with E-state index in [1.807, 2.05) is 0 Å². The molecule has 0 aliphatic heterocycles. The molecule has 110 valence electrons. The molecule has 0 amide bonds. The van der Waals surface area contributed by atoms with Gasteiger partial charge in [-0.25, -0.2) is 0 Å². The maximum absolute atomic E-state index is 6.38. The highest BCUT2D eigenvalue weighted by Gasteiger charge is 2.42. The fourth-order valence-corrected chi connectivity index (χ4v) is 16.9. The molecule has 18 heavy (non-hydrogen) atoms. The largest absolute Gasteiger partial charge is 0.437 e. The van der Waals surface area contributed by atoms with Gasteiger partial charge >= 0.3 is 17.1 Å². The zero-order chi connectivity index (χ0) is 14.4. The average molecular weight is 345 g/mol. The van der Waals surface area contributed by atoms with Gasteiger partial charge in [-0.1, -0.05) is 0 Å². The third kappa shape index (κ3) is 9.02. The summed E-state index contributed by atoms with van der Waals surface area (Å²) in [5, 5.41) is 0. The first kappa shape index (κ1) is 19.0. The molecule has 0 saturated heterocycles. The smallest absolute Gasteiger partial charge is 0.322 e. The Hall–Kier alpha value is 1.04. The van der Waals surface area contributed by atoms with E-state index in [1.165, 1.54) is 0 Å². The van der Waals surface area contributed by atoms with Crippen molar-refractivity contribution in [1.82, 2.24) is 0 Å². The number of rotatable bonds is 9. The van der Waals surface area contributed by atoms with Crippen LogP contribution in [-0.2, 0) is 12.7 Å². The third-order valence-corrected chi connectivity index (χ3v) is 13.5. The van der Waals surface area contributed by atoms with E-state index in [0.717, 1.165) is 28.9 Å². The Balaban J connectivity index is 4.75. The van der Waals surface area contributed by atoms with Crippen LogP contribution in [0, 0.1) is 0 Å². The second-order valence-corrected chi connectivity index (χ2v) is 18.7. The van der Waals surface area contributed by atoms with E-state index in [1.54, 1.807) is 0 Å². The van der Waals surface area contributed by atoms with Crippen LogP contribution in [0.4, 0.5) is 0 Å². The van der Waals surface area contributed by atoms with E-state index >= 15 is 0 Å². The summed E-state index contributed by atoms with van der Waals surface area (Å²) in [6.45, 7) is 13.0. The van der Waals surface area contributed by atoms with Crippen molar-refractivity contribution in [3.63, 3.8) is 0 Å². The highest BCUT2D eigenvalue weighted by atomic mass is 35.5. The minimum Gasteiger partial charge on any atom is -0.437 e. The number of halogens is 1. The summed E-state index contributed by atoms with van der Waals surface area (Å²) in [5.41, 5.74) is 0. The van der Waals surface area contributed by atoms with Gasteiger partial charge in [0.2, 0.25) is 0 Å². The van der Waals surface area contributed by atoms with Crippen molar-refractivity contribution in [2.24, 2.45) is 0 Å². The van der Waals surface area contributed by atoms with Gasteiger partial charge in [0.25, 0.3) is 0 Å². The molecule has 0 aliphatic carbocycles. The lowest BCUT2D eigenvalue weighted by atomic mass is 10.6. The lowest BCUT2D eigenvalue weighted by molar-refractivity contribution is 0.263. The van der Waals surface area contributed by atoms with E-state index in [0.29, 0.717) is 5.88 Å². The summed E-state index contributed by atoms with van der Waals surface area (Å²) in [7, 11) is -4.73. The van der Waals surface area contributed by atoms with Gasteiger partial charge < -0.3 is 12.7 Å². The molecule has 1 atom stereocenters. The van der Waals surface area contributed by atoms with Gasteiger partial charge in [0.1, 0.15) is 0 Å². The van der Waals surface area contributed by atoms with Crippen molar-refractivity contribution < 1.29 is 12.7 Å². The molecule has 0 saturated carbocycles. The fraction of sp³-hybridized carbons (Fsp3) is 1.00. The SMILES string of the molecule is C[Si](C)(C)O[Si](C)(CCCCl)O[Si](C)(C)OC[SiH3]. The first-order valence-corrected chi connectivity index (χ1v) is 17.3. The Kier molecular flexibility index (Phi) is 8.17. The predicted molar refractivity (Wildman–Crippen MR) is 90.7 cm³/mol. The Morgan fingerprint density at radius 3 is 1.94 bits per heavy atom. The van der Waals surface area contributed by atoms with Gasteiger partial charge in [-0.15, -0.1) is 11.6 Å². The molecule has 0 bridgehead atoms. The van der Waals surface area contributed by atoms with Crippen LogP contribution in [0.2, 0.25) is 45.3 Å². The van der Waals surface area contributed by atoms with Crippen molar-refractivity contribution in [3.8, 4) is 0 Å². The Bertz CT molecular complexity index is 248. The lowest BCUT2D eigenvalue weighted by Gasteiger charge is -2.39. The standard InChI is InChI=1S/C10H29ClO3Si4/c1-16(2,3)13-18(6,9-7-8-11)14-17(4,5)12-10-15/h7-10H2,1-6,15H3. The predicted octanol–water partition coefficient (Wildman–Crippen LogP) is 2.60. The normalized spacial score (nSPS) is 16.8. The first-order chi connectivity index (χ1) is 8.04. The molecule has 0 aromatic heterocycles. The summed E-state index contributed by atoms with van der Waals surface area (Å²) in [6.07, 6.45) is 1.80. The quantitative estimate of drug-likeness (QED) is 0.475. The maximum atomic E-state index is 6.38. The zero-order valence-electron chi connectivity index (χ0n) is 12.9. The minimum absolute atomic E-state index is 0.671. The minimum atomic E-state index is -2.15. The first-order valence-electron chi connectivity index (χ1n) is 6.64. The number of hydrogen-bond acceptors (Lipinski definition) is 3. The molecule has 0 fully saturated rings. The van der Waals surface area contributed by atoms with Crippen molar-refractivity contribution in [1.29, 1.82) is 0 Å². The van der Waals surface area contributed by atoms with Gasteiger partial charge in [-0.2, -0.15) is 0 Å². The molecule has 0 spiro atoms. The number of hydrogen-bond donors (Lipinski definition) is 0. The van der Waals surface area contributed by atoms with E-state index < -0.39 is 25.4 Å². The van der Waals surface area contributed by atoms with Crippen LogP contribution in [0.5, 0.6) is 0 Å². The van der Waals surface area contributed by atoms with Crippen LogP contribution in [0.15, 0.2) is 0 Å². The highest BCUT2D eigenvalue weighted by Crippen LogP contribution is 2.26. The Morgan fingerprint density at radius 1 is 1.00 bits per heavy atom. The van der Waals surface area contributed by atoms with Crippen LogP contribution in [0.1, 0.15) is 6.42 Å². The molecule has 0 rings (SSSR count). The molecular formula is C10H29ClO3Si4. The highest BCUT2D eigenvalue weighted by molar-refractivity contribution is 6.86. The Labute approximate surface area is 124 Å². The molecule has 0 N–H and O–H groups in total. The molecule has 0 aliphatic rings. The van der Waals surface area contributed by atoms with Gasteiger partial charge in [-0.05, 0) is 51.7 Å². The van der Waals surface area contributed by atoms with E-state index in [-0.39, 0.29) is 0 Å². The van der Waals surface area contributed by atoms with Crippen LogP contribution in [0.3, 0.4) is 0 Å². The van der Waals surface area contributed by atoms with Crippen LogP contribution in [0.25, 0.3) is 0 Å². The van der Waals surface area contributed by atoms with Crippen molar-refractivity contribution >= 4 is 47.3 Å². The van der Waals surface area contributed by atoms with Crippen LogP contribution < -0.4 is 0 Å². The summed E-state index contributed by atoms with van der Waals surface area (Å²) < 4.78 is 18.6. The van der Waals surface area contributed by atoms with Gasteiger partial charge in [0, 0.05) is 22.4 Å². The molecule has 8 heteroatoms. The van der Waals surface area contributed by atoms with Gasteiger partial charge in [0.05, 0.1) is 0 Å². The molecular weight excluding hydrogens is 316 g/mol. The van der Waals surface area contributed by atoms with Crippen molar-refractivity contribution in [2.75, 3.05) is 12.1 Å². The van der Waals surface area contributed by atoms with Crippen LogP contribution >= 0.6 is 11.6 Å².